The number of carbonyl (C=O) groups excluding carboxylic acids is 1. The van der Waals surface area contributed by atoms with E-state index >= 15 is 0 Å². The van der Waals surface area contributed by atoms with Gasteiger partial charge in [0.15, 0.2) is 0 Å². The maximum absolute atomic E-state index is 11.9. The first-order valence-electron chi connectivity index (χ1n) is 7.38. The van der Waals surface area contributed by atoms with Crippen molar-refractivity contribution in [2.45, 2.75) is 51.0 Å². The Morgan fingerprint density at radius 2 is 2.06 bits per heavy atom. The van der Waals surface area contributed by atoms with Crippen LogP contribution in [0.1, 0.15) is 45.4 Å². The monoisotopic (exact) mass is 254 g/mol. The van der Waals surface area contributed by atoms with E-state index in [9.17, 15) is 4.79 Å². The van der Waals surface area contributed by atoms with Crippen LogP contribution in [0, 0.1) is 5.92 Å². The van der Waals surface area contributed by atoms with Gasteiger partial charge in [0.05, 0.1) is 11.5 Å². The molecule has 0 bridgehead atoms. The molecule has 1 saturated heterocycles. The summed E-state index contributed by atoms with van der Waals surface area (Å²) < 4.78 is 6.07. The Labute approximate surface area is 110 Å². The molecule has 0 atom stereocenters. The molecular formula is C14H26N2O2. The maximum atomic E-state index is 11.9. The smallest absolute Gasteiger partial charge is 0.225 e. The molecule has 1 aliphatic heterocycles. The lowest BCUT2D eigenvalue weighted by molar-refractivity contribution is -0.129. The topological polar surface area (TPSA) is 50.4 Å². The molecule has 0 radical (unpaired) electrons. The van der Waals surface area contributed by atoms with Crippen LogP contribution in [0.4, 0.5) is 0 Å². The van der Waals surface area contributed by atoms with Gasteiger partial charge in [0.2, 0.25) is 5.91 Å². The van der Waals surface area contributed by atoms with Gasteiger partial charge in [-0.1, -0.05) is 26.2 Å². The van der Waals surface area contributed by atoms with Gasteiger partial charge in [-0.25, -0.2) is 0 Å². The number of hydrogen-bond acceptors (Lipinski definition) is 3. The molecule has 1 amide bonds. The summed E-state index contributed by atoms with van der Waals surface area (Å²) in [4.78, 5) is 11.9. The van der Waals surface area contributed by atoms with Gasteiger partial charge >= 0.3 is 0 Å². The van der Waals surface area contributed by atoms with Gasteiger partial charge in [-0.15, -0.1) is 0 Å². The molecule has 0 spiro atoms. The van der Waals surface area contributed by atoms with Crippen LogP contribution in [0.3, 0.4) is 0 Å². The first-order chi connectivity index (χ1) is 8.76. The number of rotatable bonds is 6. The third kappa shape index (κ3) is 3.45. The van der Waals surface area contributed by atoms with Crippen molar-refractivity contribution in [1.82, 2.24) is 10.6 Å². The molecule has 1 saturated carbocycles. The summed E-state index contributed by atoms with van der Waals surface area (Å²) in [6.45, 7) is 5.29. The molecular weight excluding hydrogens is 228 g/mol. The van der Waals surface area contributed by atoms with E-state index in [1.807, 2.05) is 0 Å². The quantitative estimate of drug-likeness (QED) is 0.754. The van der Waals surface area contributed by atoms with Gasteiger partial charge in [-0.05, 0) is 19.3 Å². The van der Waals surface area contributed by atoms with E-state index in [1.54, 1.807) is 0 Å². The summed E-state index contributed by atoms with van der Waals surface area (Å²) in [6, 6.07) is 0. The van der Waals surface area contributed by atoms with Gasteiger partial charge in [-0.2, -0.15) is 0 Å². The summed E-state index contributed by atoms with van der Waals surface area (Å²) in [6.07, 6.45) is 6.99. The Bertz CT molecular complexity index is 271. The fourth-order valence-electron chi connectivity index (χ4n) is 2.75. The zero-order chi connectivity index (χ0) is 12.8. The average Bonchev–Trinajstić information content (AvgIpc) is 2.33. The number of amides is 1. The second-order valence-corrected chi connectivity index (χ2v) is 5.67. The molecule has 4 nitrogen and oxygen atoms in total. The van der Waals surface area contributed by atoms with Gasteiger partial charge < -0.3 is 15.4 Å². The van der Waals surface area contributed by atoms with E-state index in [4.69, 9.17) is 4.74 Å². The lowest BCUT2D eigenvalue weighted by atomic mass is 9.84. The van der Waals surface area contributed by atoms with Crippen molar-refractivity contribution in [3.63, 3.8) is 0 Å². The van der Waals surface area contributed by atoms with Crippen molar-refractivity contribution in [2.24, 2.45) is 5.92 Å². The van der Waals surface area contributed by atoms with Crippen LogP contribution >= 0.6 is 0 Å². The number of nitrogens with one attached hydrogen (secondary N) is 2. The van der Waals surface area contributed by atoms with Crippen LogP contribution < -0.4 is 10.6 Å². The highest BCUT2D eigenvalue weighted by Gasteiger charge is 2.34. The zero-order valence-corrected chi connectivity index (χ0v) is 11.5. The van der Waals surface area contributed by atoms with Crippen LogP contribution in [-0.2, 0) is 9.53 Å². The molecule has 2 fully saturated rings. The lowest BCUT2D eigenvalue weighted by Crippen LogP contribution is -2.54. The first kappa shape index (κ1) is 13.8. The number of ether oxygens (including phenoxy) is 1. The Morgan fingerprint density at radius 1 is 1.33 bits per heavy atom. The van der Waals surface area contributed by atoms with Gasteiger partial charge in [0.25, 0.3) is 0 Å². The molecule has 104 valence electrons. The molecule has 0 aromatic carbocycles. The third-order valence-corrected chi connectivity index (χ3v) is 4.11. The fourth-order valence-corrected chi connectivity index (χ4v) is 2.75. The summed E-state index contributed by atoms with van der Waals surface area (Å²) in [5.41, 5.74) is -0.0822. The predicted octanol–water partition coefficient (Wildman–Crippen LogP) is 1.45. The SMILES string of the molecule is CCCOC1(CNC(=O)C2CNC2)CCCCC1. The number of hydrogen-bond donors (Lipinski definition) is 2. The molecule has 2 aliphatic rings. The van der Waals surface area contributed by atoms with Crippen molar-refractivity contribution < 1.29 is 9.53 Å². The van der Waals surface area contributed by atoms with Crippen molar-refractivity contribution >= 4 is 5.91 Å². The van der Waals surface area contributed by atoms with Crippen LogP contribution in [0.2, 0.25) is 0 Å². The van der Waals surface area contributed by atoms with Gasteiger partial charge in [0, 0.05) is 26.2 Å². The minimum atomic E-state index is -0.0822. The number of carbonyl (C=O) groups is 1. The molecule has 4 heteroatoms. The van der Waals surface area contributed by atoms with Crippen molar-refractivity contribution in [2.75, 3.05) is 26.2 Å². The van der Waals surface area contributed by atoms with Gasteiger partial charge in [-0.3, -0.25) is 4.79 Å². The Balaban J connectivity index is 1.81. The van der Waals surface area contributed by atoms with E-state index < -0.39 is 0 Å². The summed E-state index contributed by atoms with van der Waals surface area (Å²) in [7, 11) is 0. The first-order valence-corrected chi connectivity index (χ1v) is 7.38. The molecule has 0 unspecified atom stereocenters. The average molecular weight is 254 g/mol. The molecule has 18 heavy (non-hydrogen) atoms. The lowest BCUT2D eigenvalue weighted by Gasteiger charge is -2.38. The largest absolute Gasteiger partial charge is 0.373 e. The zero-order valence-electron chi connectivity index (χ0n) is 11.5. The minimum absolute atomic E-state index is 0.0822. The minimum Gasteiger partial charge on any atom is -0.373 e. The van der Waals surface area contributed by atoms with E-state index in [2.05, 4.69) is 17.6 Å². The van der Waals surface area contributed by atoms with E-state index in [0.717, 1.165) is 39.0 Å². The normalized spacial score (nSPS) is 23.4. The highest BCUT2D eigenvalue weighted by atomic mass is 16.5. The molecule has 1 heterocycles. The van der Waals surface area contributed by atoms with Crippen molar-refractivity contribution in [3.8, 4) is 0 Å². The van der Waals surface area contributed by atoms with E-state index in [-0.39, 0.29) is 17.4 Å². The van der Waals surface area contributed by atoms with Crippen molar-refractivity contribution in [1.29, 1.82) is 0 Å². The summed E-state index contributed by atoms with van der Waals surface area (Å²) >= 11 is 0. The van der Waals surface area contributed by atoms with Crippen LogP contribution in [0.5, 0.6) is 0 Å². The van der Waals surface area contributed by atoms with Crippen LogP contribution in [0.25, 0.3) is 0 Å². The Hall–Kier alpha value is -0.610. The summed E-state index contributed by atoms with van der Waals surface area (Å²) in [5.74, 6) is 0.371. The van der Waals surface area contributed by atoms with Crippen LogP contribution in [0.15, 0.2) is 0 Å². The maximum Gasteiger partial charge on any atom is 0.225 e. The van der Waals surface area contributed by atoms with E-state index in [1.165, 1.54) is 19.3 Å². The second kappa shape index (κ2) is 6.53. The molecule has 2 N–H and O–H groups in total. The summed E-state index contributed by atoms with van der Waals surface area (Å²) in [5, 5.41) is 6.23. The Morgan fingerprint density at radius 3 is 2.61 bits per heavy atom. The third-order valence-electron chi connectivity index (χ3n) is 4.11. The molecule has 0 aromatic heterocycles. The highest BCUT2D eigenvalue weighted by Crippen LogP contribution is 2.31. The predicted molar refractivity (Wildman–Crippen MR) is 71.4 cm³/mol. The van der Waals surface area contributed by atoms with Crippen LogP contribution in [-0.4, -0.2) is 37.7 Å². The highest BCUT2D eigenvalue weighted by molar-refractivity contribution is 5.80. The second-order valence-electron chi connectivity index (χ2n) is 5.67. The Kier molecular flexibility index (Phi) is 5.01. The molecule has 2 rings (SSSR count). The fraction of sp³-hybridized carbons (Fsp3) is 0.929. The molecule has 0 aromatic rings. The standard InChI is InChI=1S/C14H26N2O2/c1-2-8-18-14(6-4-3-5-7-14)11-16-13(17)12-9-15-10-12/h12,15H,2-11H2,1H3,(H,16,17). The molecule has 1 aliphatic carbocycles. The van der Waals surface area contributed by atoms with E-state index in [0.29, 0.717) is 6.54 Å². The van der Waals surface area contributed by atoms with Gasteiger partial charge in [0.1, 0.15) is 0 Å². The van der Waals surface area contributed by atoms with Crippen molar-refractivity contribution in [3.05, 3.63) is 0 Å².